The Morgan fingerprint density at radius 2 is 2.19 bits per heavy atom. The molecule has 1 aliphatic rings. The Morgan fingerprint density at radius 1 is 1.41 bits per heavy atom. The highest BCUT2D eigenvalue weighted by atomic mass is 32.2. The lowest BCUT2D eigenvalue weighted by atomic mass is 10.1. The highest BCUT2D eigenvalue weighted by Crippen LogP contribution is 2.36. The third-order valence-electron chi connectivity index (χ3n) is 5.07. The number of carbonyl (C=O) groups is 1. The zero-order valence-electron chi connectivity index (χ0n) is 16.6. The monoisotopic (exact) mass is 384 g/mol. The summed E-state index contributed by atoms with van der Waals surface area (Å²) in [5.74, 6) is 1.67. The number of allylic oxidation sites excluding steroid dienone is 3. The van der Waals surface area contributed by atoms with Crippen LogP contribution in [0, 0.1) is 5.92 Å². The number of rotatable bonds is 9. The van der Waals surface area contributed by atoms with Crippen LogP contribution in [0.4, 0.5) is 0 Å². The number of benzene rings is 1. The molecule has 1 aromatic carbocycles. The Balaban J connectivity index is 2.16. The summed E-state index contributed by atoms with van der Waals surface area (Å²) in [6.45, 7) is 2.92. The van der Waals surface area contributed by atoms with E-state index in [1.807, 2.05) is 19.2 Å². The first-order valence-electron chi connectivity index (χ1n) is 9.35. The van der Waals surface area contributed by atoms with Gasteiger partial charge in [-0.05, 0) is 49.8 Å². The number of hydrogen-bond acceptors (Lipinski definition) is 3. The zero-order valence-corrected chi connectivity index (χ0v) is 17.4. The highest BCUT2D eigenvalue weighted by molar-refractivity contribution is 7.98. The van der Waals surface area contributed by atoms with Crippen LogP contribution in [0.3, 0.4) is 0 Å². The van der Waals surface area contributed by atoms with Gasteiger partial charge < -0.3 is 14.2 Å². The van der Waals surface area contributed by atoms with E-state index in [0.29, 0.717) is 0 Å². The van der Waals surface area contributed by atoms with Gasteiger partial charge in [0, 0.05) is 41.2 Å². The minimum atomic E-state index is 0.810. The number of methoxy groups -OCH3 is 1. The molecule has 0 aliphatic heterocycles. The first kappa shape index (κ1) is 19.6. The topological polar surface area (TPSA) is 34.5 Å². The SMILES string of the molecule is CO/C(C)=C/C(=C\N(C)C=O)c1cc2c(SC)cccc2n1CCC1CC1. The van der Waals surface area contributed by atoms with E-state index in [4.69, 9.17) is 4.74 Å². The molecule has 1 aromatic heterocycles. The van der Waals surface area contributed by atoms with E-state index in [1.165, 1.54) is 35.1 Å². The van der Waals surface area contributed by atoms with Crippen LogP contribution in [0.15, 0.2) is 47.2 Å². The summed E-state index contributed by atoms with van der Waals surface area (Å²) in [6, 6.07) is 8.74. The van der Waals surface area contributed by atoms with E-state index >= 15 is 0 Å². The van der Waals surface area contributed by atoms with Crippen LogP contribution in [-0.4, -0.2) is 36.3 Å². The number of nitrogens with zero attached hydrogens (tertiary/aromatic N) is 2. The van der Waals surface area contributed by atoms with Gasteiger partial charge in [-0.25, -0.2) is 0 Å². The average Bonchev–Trinajstić information content (AvgIpc) is 3.44. The second-order valence-corrected chi connectivity index (χ2v) is 7.97. The Kier molecular flexibility index (Phi) is 6.32. The summed E-state index contributed by atoms with van der Waals surface area (Å²) in [4.78, 5) is 14.0. The minimum Gasteiger partial charge on any atom is -0.501 e. The number of carbonyl (C=O) groups excluding carboxylic acids is 1. The predicted octanol–water partition coefficient (Wildman–Crippen LogP) is 5.14. The van der Waals surface area contributed by atoms with E-state index < -0.39 is 0 Å². The Morgan fingerprint density at radius 3 is 2.81 bits per heavy atom. The lowest BCUT2D eigenvalue weighted by Gasteiger charge is -2.14. The van der Waals surface area contributed by atoms with Crippen molar-refractivity contribution >= 4 is 34.6 Å². The molecule has 2 aromatic rings. The molecule has 0 unspecified atom stereocenters. The van der Waals surface area contributed by atoms with Crippen molar-refractivity contribution in [2.75, 3.05) is 20.4 Å². The van der Waals surface area contributed by atoms with Crippen LogP contribution in [0.5, 0.6) is 0 Å². The van der Waals surface area contributed by atoms with Crippen LogP contribution in [0.25, 0.3) is 16.5 Å². The van der Waals surface area contributed by atoms with E-state index in [1.54, 1.807) is 30.8 Å². The largest absolute Gasteiger partial charge is 0.501 e. The van der Waals surface area contributed by atoms with Crippen LogP contribution in [0.1, 0.15) is 31.9 Å². The minimum absolute atomic E-state index is 0.810. The molecule has 27 heavy (non-hydrogen) atoms. The van der Waals surface area contributed by atoms with E-state index in [2.05, 4.69) is 35.1 Å². The van der Waals surface area contributed by atoms with Gasteiger partial charge in [0.1, 0.15) is 0 Å². The molecule has 144 valence electrons. The molecule has 0 atom stereocenters. The Bertz CT molecular complexity index is 878. The molecule has 0 spiro atoms. The fraction of sp³-hybridized carbons (Fsp3) is 0.409. The van der Waals surface area contributed by atoms with Crippen molar-refractivity contribution in [3.8, 4) is 0 Å². The number of ether oxygens (including phenoxy) is 1. The number of thioether (sulfide) groups is 1. The van der Waals surface area contributed by atoms with Crippen molar-refractivity contribution in [2.24, 2.45) is 5.92 Å². The quantitative estimate of drug-likeness (QED) is 0.260. The van der Waals surface area contributed by atoms with Crippen molar-refractivity contribution in [2.45, 2.75) is 37.6 Å². The van der Waals surface area contributed by atoms with Gasteiger partial charge in [-0.1, -0.05) is 18.9 Å². The van der Waals surface area contributed by atoms with Gasteiger partial charge in [0.25, 0.3) is 0 Å². The molecule has 1 heterocycles. The number of hydrogen-bond donors (Lipinski definition) is 0. The van der Waals surface area contributed by atoms with Crippen molar-refractivity contribution in [3.63, 3.8) is 0 Å². The first-order valence-corrected chi connectivity index (χ1v) is 10.6. The molecule has 1 amide bonds. The average molecular weight is 385 g/mol. The molecule has 0 N–H and O–H groups in total. The van der Waals surface area contributed by atoms with Crippen molar-refractivity contribution in [1.29, 1.82) is 0 Å². The van der Waals surface area contributed by atoms with Crippen LogP contribution in [0.2, 0.25) is 0 Å². The van der Waals surface area contributed by atoms with E-state index in [9.17, 15) is 4.79 Å². The maximum atomic E-state index is 11.2. The third kappa shape index (κ3) is 4.59. The molecule has 4 nitrogen and oxygen atoms in total. The maximum absolute atomic E-state index is 11.2. The van der Waals surface area contributed by atoms with Crippen LogP contribution < -0.4 is 0 Å². The van der Waals surface area contributed by atoms with Gasteiger partial charge in [0.05, 0.1) is 18.6 Å². The molecule has 5 heteroatoms. The second-order valence-electron chi connectivity index (χ2n) is 7.12. The summed E-state index contributed by atoms with van der Waals surface area (Å²) in [5, 5.41) is 1.26. The van der Waals surface area contributed by atoms with Gasteiger partial charge in [0.15, 0.2) is 0 Å². The van der Waals surface area contributed by atoms with E-state index in [0.717, 1.165) is 35.9 Å². The molecule has 1 saturated carbocycles. The molecule has 1 aliphatic carbocycles. The molecule has 0 saturated heterocycles. The molecule has 3 rings (SSSR count). The Hall–Kier alpha value is -2.14. The standard InChI is InChI=1S/C22H28N2O2S/c1-16(26-3)12-18(14-23(2)15-25)21-13-19-20(6-5-7-22(19)27-4)24(21)11-10-17-8-9-17/h5-7,12-15,17H,8-11H2,1-4H3/b16-12+,18-14+. The normalized spacial score (nSPS) is 15.3. The predicted molar refractivity (Wildman–Crippen MR) is 114 cm³/mol. The fourth-order valence-electron chi connectivity index (χ4n) is 3.34. The summed E-state index contributed by atoms with van der Waals surface area (Å²) in [6.07, 6.45) is 10.7. The Labute approximate surface area is 165 Å². The zero-order chi connectivity index (χ0) is 19.4. The number of aromatic nitrogens is 1. The van der Waals surface area contributed by atoms with Crippen LogP contribution in [-0.2, 0) is 16.1 Å². The highest BCUT2D eigenvalue weighted by Gasteiger charge is 2.22. The number of amides is 1. The number of fused-ring (bicyclic) bond motifs is 1. The molecular weight excluding hydrogens is 356 g/mol. The molecule has 1 fully saturated rings. The van der Waals surface area contributed by atoms with E-state index in [-0.39, 0.29) is 0 Å². The summed E-state index contributed by atoms with van der Waals surface area (Å²) < 4.78 is 7.78. The summed E-state index contributed by atoms with van der Waals surface area (Å²) >= 11 is 1.77. The lowest BCUT2D eigenvalue weighted by Crippen LogP contribution is -2.09. The van der Waals surface area contributed by atoms with Gasteiger partial charge in [-0.2, -0.15) is 0 Å². The second kappa shape index (κ2) is 8.70. The van der Waals surface area contributed by atoms with Crippen LogP contribution >= 0.6 is 11.8 Å². The summed E-state index contributed by atoms with van der Waals surface area (Å²) in [7, 11) is 3.43. The fourth-order valence-corrected chi connectivity index (χ4v) is 3.94. The molecular formula is C22H28N2O2S. The molecule has 0 bridgehead atoms. The summed E-state index contributed by atoms with van der Waals surface area (Å²) in [5.41, 5.74) is 3.35. The molecule has 0 radical (unpaired) electrons. The van der Waals surface area contributed by atoms with Gasteiger partial charge >= 0.3 is 0 Å². The van der Waals surface area contributed by atoms with Gasteiger partial charge in [-0.15, -0.1) is 11.8 Å². The first-order chi connectivity index (χ1) is 13.1. The van der Waals surface area contributed by atoms with Gasteiger partial charge in [-0.3, -0.25) is 4.79 Å². The van der Waals surface area contributed by atoms with Crippen molar-refractivity contribution < 1.29 is 9.53 Å². The maximum Gasteiger partial charge on any atom is 0.213 e. The van der Waals surface area contributed by atoms with Gasteiger partial charge in [0.2, 0.25) is 6.41 Å². The van der Waals surface area contributed by atoms with Crippen molar-refractivity contribution in [3.05, 3.63) is 48.0 Å². The number of aryl methyl sites for hydroxylation is 1. The lowest BCUT2D eigenvalue weighted by molar-refractivity contribution is -0.114. The third-order valence-corrected chi connectivity index (χ3v) is 5.86. The van der Waals surface area contributed by atoms with Crippen molar-refractivity contribution in [1.82, 2.24) is 9.47 Å². The smallest absolute Gasteiger partial charge is 0.213 e.